The maximum Gasteiger partial charge on any atom is 0.277 e. The average molecular weight is 373 g/mol. The summed E-state index contributed by atoms with van der Waals surface area (Å²) in [6.07, 6.45) is 6.81. The van der Waals surface area contributed by atoms with E-state index in [-0.39, 0.29) is 11.9 Å². The van der Waals surface area contributed by atoms with Crippen LogP contribution in [0.15, 0.2) is 61.2 Å². The molecule has 3 aromatic rings. The third-order valence-corrected chi connectivity index (χ3v) is 5.17. The van der Waals surface area contributed by atoms with Gasteiger partial charge in [0.25, 0.3) is 5.91 Å². The van der Waals surface area contributed by atoms with Crippen molar-refractivity contribution in [2.45, 2.75) is 25.8 Å². The van der Waals surface area contributed by atoms with Crippen LogP contribution in [0.2, 0.25) is 0 Å². The third kappa shape index (κ3) is 3.58. The number of pyridine rings is 1. The highest BCUT2D eigenvalue weighted by molar-refractivity contribution is 6.06. The molecule has 0 radical (unpaired) electrons. The number of aromatic nitrogens is 3. The predicted octanol–water partition coefficient (Wildman–Crippen LogP) is 3.14. The number of hydrogen-bond acceptors (Lipinski definition) is 5. The molecule has 1 atom stereocenters. The van der Waals surface area contributed by atoms with Crippen LogP contribution >= 0.6 is 0 Å². The van der Waals surface area contributed by atoms with Gasteiger partial charge >= 0.3 is 0 Å². The number of para-hydroxylation sites is 1. The smallest absolute Gasteiger partial charge is 0.277 e. The van der Waals surface area contributed by atoms with E-state index in [1.165, 1.54) is 17.5 Å². The summed E-state index contributed by atoms with van der Waals surface area (Å²) in [6.45, 7) is 2.86. The number of anilines is 2. The van der Waals surface area contributed by atoms with E-state index in [4.69, 9.17) is 0 Å². The van der Waals surface area contributed by atoms with Gasteiger partial charge in [0.1, 0.15) is 17.8 Å². The Morgan fingerprint density at radius 1 is 1.18 bits per heavy atom. The van der Waals surface area contributed by atoms with Crippen molar-refractivity contribution in [1.29, 1.82) is 0 Å². The molecule has 0 saturated heterocycles. The number of amides is 1. The highest BCUT2D eigenvalue weighted by Crippen LogP contribution is 2.33. The van der Waals surface area contributed by atoms with Crippen molar-refractivity contribution in [3.8, 4) is 0 Å². The van der Waals surface area contributed by atoms with Gasteiger partial charge in [-0.3, -0.25) is 9.78 Å². The minimum absolute atomic E-state index is 0.0800. The van der Waals surface area contributed by atoms with Crippen LogP contribution in [0.25, 0.3) is 0 Å². The lowest BCUT2D eigenvalue weighted by Gasteiger charge is -2.23. The molecule has 2 aromatic heterocycles. The number of carbonyl (C=O) groups excluding carboxylic acids is 1. The molecular weight excluding hydrogens is 350 g/mol. The SMILES string of the molecule is CC1Cc2ccccc2N1C(=O)c1cc(N(C)CCc2ccncc2)ncn1. The molecule has 142 valence electrons. The lowest BCUT2D eigenvalue weighted by atomic mass is 10.1. The Morgan fingerprint density at radius 2 is 1.96 bits per heavy atom. The van der Waals surface area contributed by atoms with Crippen LogP contribution < -0.4 is 9.80 Å². The minimum atomic E-state index is -0.0800. The molecule has 0 spiro atoms. The van der Waals surface area contributed by atoms with Crippen LogP contribution in [0.1, 0.15) is 28.5 Å². The normalized spacial score (nSPS) is 15.4. The average Bonchev–Trinajstić information content (AvgIpc) is 3.08. The Balaban J connectivity index is 1.51. The molecule has 1 aromatic carbocycles. The monoisotopic (exact) mass is 373 g/mol. The molecule has 28 heavy (non-hydrogen) atoms. The van der Waals surface area contributed by atoms with Crippen molar-refractivity contribution in [3.63, 3.8) is 0 Å². The number of carbonyl (C=O) groups is 1. The largest absolute Gasteiger partial charge is 0.359 e. The van der Waals surface area contributed by atoms with E-state index < -0.39 is 0 Å². The van der Waals surface area contributed by atoms with Gasteiger partial charge < -0.3 is 9.80 Å². The summed E-state index contributed by atoms with van der Waals surface area (Å²) in [5.41, 5.74) is 3.82. The zero-order valence-corrected chi connectivity index (χ0v) is 16.1. The van der Waals surface area contributed by atoms with E-state index >= 15 is 0 Å². The van der Waals surface area contributed by atoms with Gasteiger partial charge in [0.15, 0.2) is 0 Å². The van der Waals surface area contributed by atoms with Crippen LogP contribution in [-0.4, -0.2) is 40.5 Å². The Labute approximate surface area is 164 Å². The maximum absolute atomic E-state index is 13.2. The van der Waals surface area contributed by atoms with Crippen LogP contribution in [0.5, 0.6) is 0 Å². The summed E-state index contributed by atoms with van der Waals surface area (Å²) in [5.74, 6) is 0.663. The van der Waals surface area contributed by atoms with Crippen LogP contribution in [0, 0.1) is 0 Å². The Bertz CT molecular complexity index is 975. The van der Waals surface area contributed by atoms with E-state index in [0.717, 1.165) is 30.9 Å². The first-order chi connectivity index (χ1) is 13.6. The molecule has 6 nitrogen and oxygen atoms in total. The van der Waals surface area contributed by atoms with Gasteiger partial charge in [0, 0.05) is 43.8 Å². The van der Waals surface area contributed by atoms with E-state index in [2.05, 4.69) is 27.9 Å². The minimum Gasteiger partial charge on any atom is -0.359 e. The molecule has 1 aliphatic heterocycles. The topological polar surface area (TPSA) is 62.2 Å². The third-order valence-electron chi connectivity index (χ3n) is 5.17. The quantitative estimate of drug-likeness (QED) is 0.688. The molecule has 1 amide bonds. The number of hydrogen-bond donors (Lipinski definition) is 0. The first-order valence-electron chi connectivity index (χ1n) is 9.47. The van der Waals surface area contributed by atoms with Crippen molar-refractivity contribution in [2.24, 2.45) is 0 Å². The zero-order chi connectivity index (χ0) is 19.5. The van der Waals surface area contributed by atoms with E-state index in [0.29, 0.717) is 5.69 Å². The van der Waals surface area contributed by atoms with E-state index in [1.54, 1.807) is 18.5 Å². The van der Waals surface area contributed by atoms with Gasteiger partial charge in [-0.05, 0) is 49.1 Å². The van der Waals surface area contributed by atoms with Gasteiger partial charge in [-0.2, -0.15) is 0 Å². The molecule has 1 unspecified atom stereocenters. The fourth-order valence-electron chi connectivity index (χ4n) is 3.63. The highest BCUT2D eigenvalue weighted by atomic mass is 16.2. The van der Waals surface area contributed by atoms with Crippen LogP contribution in [0.4, 0.5) is 11.5 Å². The molecule has 0 saturated carbocycles. The standard InChI is InChI=1S/C22H23N5O/c1-16-13-18-5-3-4-6-20(18)27(16)22(28)19-14-21(25-15-24-19)26(2)12-9-17-7-10-23-11-8-17/h3-8,10-11,14-16H,9,12-13H2,1-2H3. The second-order valence-corrected chi connectivity index (χ2v) is 7.15. The second kappa shape index (κ2) is 7.76. The number of nitrogens with zero attached hydrogens (tertiary/aromatic N) is 5. The van der Waals surface area contributed by atoms with Gasteiger partial charge in [-0.1, -0.05) is 18.2 Å². The molecule has 0 fully saturated rings. The van der Waals surface area contributed by atoms with Crippen molar-refractivity contribution < 1.29 is 4.79 Å². The van der Waals surface area contributed by atoms with Gasteiger partial charge in [-0.15, -0.1) is 0 Å². The fraction of sp³-hybridized carbons (Fsp3) is 0.273. The van der Waals surface area contributed by atoms with Gasteiger partial charge in [0.2, 0.25) is 0 Å². The zero-order valence-electron chi connectivity index (χ0n) is 16.1. The number of fused-ring (bicyclic) bond motifs is 1. The number of rotatable bonds is 5. The summed E-state index contributed by atoms with van der Waals surface area (Å²) >= 11 is 0. The van der Waals surface area contributed by atoms with Gasteiger partial charge in [0.05, 0.1) is 0 Å². The summed E-state index contributed by atoms with van der Waals surface area (Å²) in [5, 5.41) is 0. The summed E-state index contributed by atoms with van der Waals surface area (Å²) in [6, 6.07) is 14.0. The van der Waals surface area contributed by atoms with Crippen molar-refractivity contribution in [1.82, 2.24) is 15.0 Å². The van der Waals surface area contributed by atoms with Crippen LogP contribution in [-0.2, 0) is 12.8 Å². The Morgan fingerprint density at radius 3 is 2.79 bits per heavy atom. The number of benzene rings is 1. The van der Waals surface area contributed by atoms with Crippen molar-refractivity contribution in [3.05, 3.63) is 78.0 Å². The number of likely N-dealkylation sites (N-methyl/N-ethyl adjacent to an activating group) is 1. The lowest BCUT2D eigenvalue weighted by Crippen LogP contribution is -2.36. The van der Waals surface area contributed by atoms with Crippen LogP contribution in [0.3, 0.4) is 0 Å². The summed E-state index contributed by atoms with van der Waals surface area (Å²) < 4.78 is 0. The molecular formula is C22H23N5O. The predicted molar refractivity (Wildman–Crippen MR) is 110 cm³/mol. The fourth-order valence-corrected chi connectivity index (χ4v) is 3.63. The van der Waals surface area contributed by atoms with Gasteiger partial charge in [-0.25, -0.2) is 9.97 Å². The summed E-state index contributed by atoms with van der Waals surface area (Å²) in [7, 11) is 1.98. The highest BCUT2D eigenvalue weighted by Gasteiger charge is 2.32. The molecule has 0 aliphatic carbocycles. The maximum atomic E-state index is 13.2. The van der Waals surface area contributed by atoms with E-state index in [9.17, 15) is 4.79 Å². The molecule has 1 aliphatic rings. The van der Waals surface area contributed by atoms with Crippen molar-refractivity contribution >= 4 is 17.4 Å². The molecule has 3 heterocycles. The Kier molecular flexibility index (Phi) is 5.02. The Hall–Kier alpha value is -3.28. The molecule has 6 heteroatoms. The molecule has 0 N–H and O–H groups in total. The second-order valence-electron chi connectivity index (χ2n) is 7.15. The van der Waals surface area contributed by atoms with E-state index in [1.807, 2.05) is 47.2 Å². The van der Waals surface area contributed by atoms with Crippen molar-refractivity contribution in [2.75, 3.05) is 23.4 Å². The lowest BCUT2D eigenvalue weighted by molar-refractivity contribution is 0.0976. The first kappa shape index (κ1) is 18.1. The summed E-state index contributed by atoms with van der Waals surface area (Å²) in [4.78, 5) is 29.7. The molecule has 4 rings (SSSR count). The molecule has 0 bridgehead atoms. The first-order valence-corrected chi connectivity index (χ1v) is 9.47.